The molecule has 1 saturated heterocycles. The van der Waals surface area contributed by atoms with E-state index in [0.717, 1.165) is 0 Å². The van der Waals surface area contributed by atoms with Crippen molar-refractivity contribution in [1.29, 1.82) is 0 Å². The molecule has 2 N–H and O–H groups in total. The molecule has 0 aromatic heterocycles. The molecule has 154 valence electrons. The summed E-state index contributed by atoms with van der Waals surface area (Å²) in [5.74, 6) is -1.02. The Morgan fingerprint density at radius 2 is 2.11 bits per heavy atom. The number of nitrogens with one attached hydrogen (secondary N) is 2. The van der Waals surface area contributed by atoms with E-state index in [1.54, 1.807) is 6.92 Å². The molecule has 1 aliphatic carbocycles. The maximum Gasteiger partial charge on any atom is 0.345 e. The molecule has 1 aliphatic heterocycles. The Morgan fingerprint density at radius 3 is 2.75 bits per heavy atom. The first kappa shape index (κ1) is 20.7. The lowest BCUT2D eigenvalue weighted by Crippen LogP contribution is -2.59. The molecule has 0 radical (unpaired) electrons. The predicted octanol–water partition coefficient (Wildman–Crippen LogP) is 3.07. The van der Waals surface area contributed by atoms with Gasteiger partial charge in [0.25, 0.3) is 0 Å². The summed E-state index contributed by atoms with van der Waals surface area (Å²) in [6.07, 6.45) is 0.0423. The van der Waals surface area contributed by atoms with Gasteiger partial charge in [-0.1, -0.05) is 17.7 Å². The minimum Gasteiger partial charge on any atom is -0.353 e. The largest absolute Gasteiger partial charge is 0.353 e. The van der Waals surface area contributed by atoms with E-state index in [2.05, 4.69) is 15.4 Å². The Morgan fingerprint density at radius 1 is 1.39 bits per heavy atom. The first-order valence-corrected chi connectivity index (χ1v) is 9.37. The van der Waals surface area contributed by atoms with Gasteiger partial charge in [-0.2, -0.15) is 8.78 Å². The van der Waals surface area contributed by atoms with Crippen molar-refractivity contribution in [3.63, 3.8) is 0 Å². The number of benzene rings is 1. The number of nitrogens with zero attached hydrogens (tertiary/aromatic N) is 1. The van der Waals surface area contributed by atoms with Crippen molar-refractivity contribution in [1.82, 2.24) is 15.5 Å². The highest BCUT2D eigenvalue weighted by atomic mass is 35.5. The van der Waals surface area contributed by atoms with Crippen molar-refractivity contribution < 1.29 is 27.5 Å². The van der Waals surface area contributed by atoms with E-state index >= 15 is 0 Å². The molecule has 1 heterocycles. The molecule has 3 amide bonds. The van der Waals surface area contributed by atoms with E-state index < -0.39 is 36.6 Å². The van der Waals surface area contributed by atoms with Crippen molar-refractivity contribution in [2.75, 3.05) is 13.1 Å². The number of hydrogen-bond donors (Lipinski definition) is 2. The molecule has 0 bridgehead atoms. The van der Waals surface area contributed by atoms with Gasteiger partial charge in [-0.25, -0.2) is 9.18 Å². The van der Waals surface area contributed by atoms with E-state index in [1.807, 2.05) is 0 Å². The third-order valence-corrected chi connectivity index (χ3v) is 5.53. The maximum absolute atomic E-state index is 13.5. The number of carbonyl (C=O) groups is 2. The van der Waals surface area contributed by atoms with Gasteiger partial charge in [0.15, 0.2) is 0 Å². The fraction of sp³-hybridized carbons (Fsp3) is 0.556. The molecular weight excluding hydrogens is 399 g/mol. The molecule has 1 aromatic rings. The van der Waals surface area contributed by atoms with Crippen molar-refractivity contribution in [3.05, 3.63) is 34.6 Å². The van der Waals surface area contributed by atoms with E-state index in [-0.39, 0.29) is 16.8 Å². The summed E-state index contributed by atoms with van der Waals surface area (Å²) in [6, 6.07) is 2.45. The Kier molecular flexibility index (Phi) is 6.34. The zero-order valence-electron chi connectivity index (χ0n) is 15.1. The van der Waals surface area contributed by atoms with Crippen molar-refractivity contribution >= 4 is 23.5 Å². The molecule has 1 aromatic carbocycles. The van der Waals surface area contributed by atoms with Crippen LogP contribution in [0.2, 0.25) is 5.02 Å². The van der Waals surface area contributed by atoms with E-state index in [1.165, 1.54) is 23.1 Å². The van der Waals surface area contributed by atoms with Crippen LogP contribution in [0, 0.1) is 11.7 Å². The van der Waals surface area contributed by atoms with Crippen LogP contribution in [0.3, 0.4) is 0 Å². The minimum absolute atomic E-state index is 0.0952. The van der Waals surface area contributed by atoms with Crippen molar-refractivity contribution in [2.45, 2.75) is 44.6 Å². The molecule has 2 atom stereocenters. The van der Waals surface area contributed by atoms with Crippen molar-refractivity contribution in [2.24, 2.45) is 5.92 Å². The maximum atomic E-state index is 13.5. The topological polar surface area (TPSA) is 70.7 Å². The van der Waals surface area contributed by atoms with Gasteiger partial charge in [0.05, 0.1) is 17.2 Å². The van der Waals surface area contributed by atoms with Gasteiger partial charge in [0, 0.05) is 13.1 Å². The molecule has 1 saturated carbocycles. The summed E-state index contributed by atoms with van der Waals surface area (Å²) in [6.45, 7) is -0.547. The van der Waals surface area contributed by atoms with Crippen LogP contribution >= 0.6 is 11.6 Å². The average Bonchev–Trinajstić information content (AvgIpc) is 2.60. The molecule has 2 aliphatic rings. The summed E-state index contributed by atoms with van der Waals surface area (Å²) in [5, 5.41) is 5.44. The standard InChI is InChI=1S/C18H21ClF3N3O3/c1-9-16(26)23-4-5-25(9)18(27)24-15(10-2-3-14(20)13(19)8-10)11-6-12(7-11)28-17(21)22/h2-3,8-9,11-12,15,17H,4-7H2,1H3,(H,23,26)(H,24,27)/t9-,11?,12?,15-/m1/s1. The van der Waals surface area contributed by atoms with Crippen LogP contribution in [-0.2, 0) is 9.53 Å². The minimum atomic E-state index is -2.85. The van der Waals surface area contributed by atoms with Crippen LogP contribution in [0.4, 0.5) is 18.0 Å². The Balaban J connectivity index is 1.75. The van der Waals surface area contributed by atoms with Crippen LogP contribution < -0.4 is 10.6 Å². The summed E-state index contributed by atoms with van der Waals surface area (Å²) < 4.78 is 42.8. The van der Waals surface area contributed by atoms with Crippen LogP contribution in [0.25, 0.3) is 0 Å². The quantitative estimate of drug-likeness (QED) is 0.770. The molecular formula is C18H21ClF3N3O3. The lowest BCUT2D eigenvalue weighted by Gasteiger charge is -2.42. The lowest BCUT2D eigenvalue weighted by molar-refractivity contribution is -0.193. The lowest BCUT2D eigenvalue weighted by atomic mass is 9.75. The van der Waals surface area contributed by atoms with Gasteiger partial charge < -0.3 is 20.3 Å². The first-order chi connectivity index (χ1) is 13.3. The highest BCUT2D eigenvalue weighted by Crippen LogP contribution is 2.41. The summed E-state index contributed by atoms with van der Waals surface area (Å²) in [4.78, 5) is 26.0. The number of rotatable bonds is 5. The Hall–Kier alpha value is -2.00. The second-order valence-electron chi connectivity index (χ2n) is 7.01. The van der Waals surface area contributed by atoms with Gasteiger partial charge >= 0.3 is 12.6 Å². The Bertz CT molecular complexity index is 746. The van der Waals surface area contributed by atoms with E-state index in [9.17, 15) is 22.8 Å². The molecule has 6 nitrogen and oxygen atoms in total. The monoisotopic (exact) mass is 419 g/mol. The number of piperazine rings is 1. The smallest absolute Gasteiger partial charge is 0.345 e. The fourth-order valence-electron chi connectivity index (χ4n) is 3.59. The second-order valence-corrected chi connectivity index (χ2v) is 7.42. The van der Waals surface area contributed by atoms with Gasteiger partial charge in [0.1, 0.15) is 11.9 Å². The zero-order chi connectivity index (χ0) is 20.4. The first-order valence-electron chi connectivity index (χ1n) is 8.99. The zero-order valence-corrected chi connectivity index (χ0v) is 15.9. The van der Waals surface area contributed by atoms with Gasteiger partial charge in [-0.05, 0) is 43.4 Å². The third kappa shape index (κ3) is 4.52. The number of hydrogen-bond acceptors (Lipinski definition) is 3. The average molecular weight is 420 g/mol. The van der Waals surface area contributed by atoms with Gasteiger partial charge in [-0.15, -0.1) is 0 Å². The SMILES string of the molecule is C[C@@H]1C(=O)NCCN1C(=O)N[C@H](c1ccc(F)c(Cl)c1)C1CC(OC(F)F)C1. The van der Waals surface area contributed by atoms with Gasteiger partial charge in [0.2, 0.25) is 5.91 Å². The number of alkyl halides is 2. The molecule has 0 unspecified atom stereocenters. The summed E-state index contributed by atoms with van der Waals surface area (Å²) in [7, 11) is 0. The number of halogens is 4. The van der Waals surface area contributed by atoms with Crippen LogP contribution in [-0.4, -0.2) is 48.7 Å². The third-order valence-electron chi connectivity index (χ3n) is 5.24. The molecule has 2 fully saturated rings. The number of amides is 3. The van der Waals surface area contributed by atoms with E-state index in [4.69, 9.17) is 11.6 Å². The summed E-state index contributed by atoms with van der Waals surface area (Å²) in [5.41, 5.74) is 0.564. The van der Waals surface area contributed by atoms with Crippen LogP contribution in [0.15, 0.2) is 18.2 Å². The highest BCUT2D eigenvalue weighted by Gasteiger charge is 2.40. The van der Waals surface area contributed by atoms with Crippen LogP contribution in [0.5, 0.6) is 0 Å². The predicted molar refractivity (Wildman–Crippen MR) is 95.5 cm³/mol. The fourth-order valence-corrected chi connectivity index (χ4v) is 3.78. The van der Waals surface area contributed by atoms with Crippen molar-refractivity contribution in [3.8, 4) is 0 Å². The number of urea groups is 1. The molecule has 0 spiro atoms. The Labute approximate surface area is 165 Å². The van der Waals surface area contributed by atoms with Crippen LogP contribution in [0.1, 0.15) is 31.4 Å². The molecule has 28 heavy (non-hydrogen) atoms. The van der Waals surface area contributed by atoms with Gasteiger partial charge in [-0.3, -0.25) is 4.79 Å². The number of carbonyl (C=O) groups excluding carboxylic acids is 2. The summed E-state index contributed by atoms with van der Waals surface area (Å²) >= 11 is 5.87. The molecule has 3 rings (SSSR count). The number of ether oxygens (including phenoxy) is 1. The molecule has 10 heteroatoms. The van der Waals surface area contributed by atoms with E-state index in [0.29, 0.717) is 31.5 Å². The normalized spacial score (nSPS) is 25.9. The second kappa shape index (κ2) is 8.57. The highest BCUT2D eigenvalue weighted by molar-refractivity contribution is 6.30.